The molecule has 3 rings (SSSR count). The number of benzene rings is 1. The van der Waals surface area contributed by atoms with Crippen LogP contribution in [0.25, 0.3) is 11.0 Å². The summed E-state index contributed by atoms with van der Waals surface area (Å²) in [5.41, 5.74) is 4.34. The number of hydrogen-bond acceptors (Lipinski definition) is 4. The van der Waals surface area contributed by atoms with Crippen LogP contribution in [0.15, 0.2) is 30.6 Å². The third-order valence-corrected chi connectivity index (χ3v) is 4.33. The number of aromatic nitrogens is 4. The molecule has 0 radical (unpaired) electrons. The van der Waals surface area contributed by atoms with Gasteiger partial charge < -0.3 is 10.3 Å². The second-order valence-electron chi connectivity index (χ2n) is 6.32. The minimum atomic E-state index is -0.0789. The summed E-state index contributed by atoms with van der Waals surface area (Å²) in [6.07, 6.45) is 8.01. The van der Waals surface area contributed by atoms with Crippen molar-refractivity contribution in [2.75, 3.05) is 6.54 Å². The van der Waals surface area contributed by atoms with Crippen molar-refractivity contribution < 1.29 is 4.79 Å². The lowest BCUT2D eigenvalue weighted by Crippen LogP contribution is -2.24. The normalized spacial score (nSPS) is 11.0. The quantitative estimate of drug-likeness (QED) is 0.610. The van der Waals surface area contributed by atoms with Gasteiger partial charge in [0.2, 0.25) is 0 Å². The number of fused-ring (bicyclic) bond motifs is 1. The van der Waals surface area contributed by atoms with Crippen molar-refractivity contribution in [3.05, 3.63) is 53.4 Å². The maximum atomic E-state index is 12.4. The molecular formula is C20H25N5O. The summed E-state index contributed by atoms with van der Waals surface area (Å²) in [6.45, 7) is 4.84. The average Bonchev–Trinajstić information content (AvgIpc) is 3.17. The van der Waals surface area contributed by atoms with E-state index in [0.717, 1.165) is 60.3 Å². The summed E-state index contributed by atoms with van der Waals surface area (Å²) in [6, 6.07) is 5.54. The van der Waals surface area contributed by atoms with Crippen LogP contribution in [0.4, 0.5) is 0 Å². The Kier molecular flexibility index (Phi) is 5.94. The summed E-state index contributed by atoms with van der Waals surface area (Å²) >= 11 is 0. The highest BCUT2D eigenvalue weighted by atomic mass is 16.1. The fourth-order valence-corrected chi connectivity index (χ4v) is 2.98. The second-order valence-corrected chi connectivity index (χ2v) is 6.32. The van der Waals surface area contributed by atoms with Crippen molar-refractivity contribution >= 4 is 16.9 Å². The number of H-pyrrole nitrogens is 1. The lowest BCUT2D eigenvalue weighted by Gasteiger charge is -2.09. The summed E-state index contributed by atoms with van der Waals surface area (Å²) in [5.74, 6) is 0.861. The highest BCUT2D eigenvalue weighted by Crippen LogP contribution is 2.17. The highest BCUT2D eigenvalue weighted by Gasteiger charge is 2.10. The number of aryl methyl sites for hydroxylation is 3. The number of aromatic amines is 1. The van der Waals surface area contributed by atoms with E-state index in [2.05, 4.69) is 29.1 Å². The van der Waals surface area contributed by atoms with Gasteiger partial charge in [0.25, 0.3) is 5.91 Å². The Balaban J connectivity index is 1.67. The van der Waals surface area contributed by atoms with E-state index < -0.39 is 0 Å². The fraction of sp³-hybridized carbons (Fsp3) is 0.400. The van der Waals surface area contributed by atoms with Crippen molar-refractivity contribution in [2.24, 2.45) is 0 Å². The van der Waals surface area contributed by atoms with E-state index in [1.54, 1.807) is 12.4 Å². The van der Waals surface area contributed by atoms with Gasteiger partial charge in [-0.2, -0.15) is 0 Å². The van der Waals surface area contributed by atoms with E-state index in [1.807, 2.05) is 18.2 Å². The number of rotatable bonds is 8. The summed E-state index contributed by atoms with van der Waals surface area (Å²) in [5, 5.41) is 2.96. The molecule has 0 saturated heterocycles. The van der Waals surface area contributed by atoms with E-state index in [9.17, 15) is 4.79 Å². The van der Waals surface area contributed by atoms with Crippen LogP contribution in [0, 0.1) is 0 Å². The van der Waals surface area contributed by atoms with Gasteiger partial charge in [0.05, 0.1) is 22.4 Å². The van der Waals surface area contributed by atoms with Crippen LogP contribution in [0.5, 0.6) is 0 Å². The number of nitrogens with one attached hydrogen (secondary N) is 2. The Morgan fingerprint density at radius 3 is 2.69 bits per heavy atom. The molecule has 2 aromatic heterocycles. The maximum absolute atomic E-state index is 12.4. The largest absolute Gasteiger partial charge is 0.352 e. The molecule has 2 N–H and O–H groups in total. The van der Waals surface area contributed by atoms with Crippen molar-refractivity contribution in [3.8, 4) is 0 Å². The van der Waals surface area contributed by atoms with E-state index in [4.69, 9.17) is 9.97 Å². The molecule has 1 amide bonds. The Morgan fingerprint density at radius 1 is 1.12 bits per heavy atom. The van der Waals surface area contributed by atoms with Crippen LogP contribution in [0.1, 0.15) is 54.3 Å². The Bertz CT molecular complexity index is 873. The first-order valence-electron chi connectivity index (χ1n) is 9.27. The summed E-state index contributed by atoms with van der Waals surface area (Å²) in [7, 11) is 0. The van der Waals surface area contributed by atoms with Crippen molar-refractivity contribution in [1.29, 1.82) is 0 Å². The van der Waals surface area contributed by atoms with Gasteiger partial charge in [-0.15, -0.1) is 0 Å². The van der Waals surface area contributed by atoms with Crippen molar-refractivity contribution in [2.45, 2.75) is 46.0 Å². The molecule has 0 unspecified atom stereocenters. The van der Waals surface area contributed by atoms with E-state index in [0.29, 0.717) is 12.1 Å². The molecule has 6 heteroatoms. The number of hydrogen-bond donors (Lipinski definition) is 2. The zero-order chi connectivity index (χ0) is 18.4. The first kappa shape index (κ1) is 18.0. The molecule has 1 aromatic carbocycles. The molecule has 0 saturated carbocycles. The van der Waals surface area contributed by atoms with Gasteiger partial charge in [0.1, 0.15) is 5.82 Å². The third kappa shape index (κ3) is 4.25. The highest BCUT2D eigenvalue weighted by molar-refractivity contribution is 5.97. The lowest BCUT2D eigenvalue weighted by molar-refractivity contribution is 0.0953. The SMILES string of the molecule is CCCc1nc2cc(C(=O)NCCCc3ncc[nH]3)ccc2nc1CC. The zero-order valence-corrected chi connectivity index (χ0v) is 15.4. The number of amides is 1. The first-order valence-corrected chi connectivity index (χ1v) is 9.27. The van der Waals surface area contributed by atoms with Gasteiger partial charge in [-0.1, -0.05) is 20.3 Å². The number of carbonyl (C=O) groups excluding carboxylic acids is 1. The molecule has 0 aliphatic rings. The standard InChI is InChI=1S/C20H25N5O/c1-3-6-16-15(4-2)24-17-9-8-14(13-18(17)25-16)20(26)23-10-5-7-19-21-11-12-22-19/h8-9,11-13H,3-7,10H2,1-2H3,(H,21,22)(H,23,26). The average molecular weight is 351 g/mol. The fourth-order valence-electron chi connectivity index (χ4n) is 2.98. The van der Waals surface area contributed by atoms with Crippen LogP contribution in [0.3, 0.4) is 0 Å². The van der Waals surface area contributed by atoms with Gasteiger partial charge in [-0.25, -0.2) is 15.0 Å². The Hall–Kier alpha value is -2.76. The van der Waals surface area contributed by atoms with Crippen LogP contribution in [-0.4, -0.2) is 32.4 Å². The maximum Gasteiger partial charge on any atom is 0.251 e. The topological polar surface area (TPSA) is 83.6 Å². The van der Waals surface area contributed by atoms with Gasteiger partial charge in [0.15, 0.2) is 0 Å². The summed E-state index contributed by atoms with van der Waals surface area (Å²) in [4.78, 5) is 29.1. The molecule has 2 heterocycles. The van der Waals surface area contributed by atoms with Crippen LogP contribution >= 0.6 is 0 Å². The molecule has 6 nitrogen and oxygen atoms in total. The molecular weight excluding hydrogens is 326 g/mol. The molecule has 0 aliphatic heterocycles. The second kappa shape index (κ2) is 8.56. The zero-order valence-electron chi connectivity index (χ0n) is 15.4. The molecule has 0 bridgehead atoms. The van der Waals surface area contributed by atoms with Crippen molar-refractivity contribution in [1.82, 2.24) is 25.3 Å². The molecule has 136 valence electrons. The number of carbonyl (C=O) groups is 1. The molecule has 3 aromatic rings. The van der Waals surface area contributed by atoms with Gasteiger partial charge in [-0.3, -0.25) is 4.79 Å². The first-order chi connectivity index (χ1) is 12.7. The number of imidazole rings is 1. The minimum Gasteiger partial charge on any atom is -0.352 e. The lowest BCUT2D eigenvalue weighted by atomic mass is 10.1. The van der Waals surface area contributed by atoms with Crippen LogP contribution in [0.2, 0.25) is 0 Å². The molecule has 26 heavy (non-hydrogen) atoms. The molecule has 0 fully saturated rings. The predicted octanol–water partition coefficient (Wildman–Crippen LogP) is 3.23. The minimum absolute atomic E-state index is 0.0789. The van der Waals surface area contributed by atoms with E-state index in [1.165, 1.54) is 0 Å². The third-order valence-electron chi connectivity index (χ3n) is 4.33. The van der Waals surface area contributed by atoms with Crippen LogP contribution < -0.4 is 5.32 Å². The van der Waals surface area contributed by atoms with E-state index >= 15 is 0 Å². The molecule has 0 aliphatic carbocycles. The predicted molar refractivity (Wildman–Crippen MR) is 102 cm³/mol. The monoisotopic (exact) mass is 351 g/mol. The van der Waals surface area contributed by atoms with Gasteiger partial charge in [0, 0.05) is 30.9 Å². The van der Waals surface area contributed by atoms with Gasteiger partial charge >= 0.3 is 0 Å². The van der Waals surface area contributed by atoms with E-state index in [-0.39, 0.29) is 5.91 Å². The Labute approximate surface area is 153 Å². The van der Waals surface area contributed by atoms with Gasteiger partial charge in [-0.05, 0) is 37.5 Å². The van der Waals surface area contributed by atoms with Crippen LogP contribution in [-0.2, 0) is 19.3 Å². The molecule has 0 spiro atoms. The molecule has 0 atom stereocenters. The Morgan fingerprint density at radius 2 is 1.96 bits per heavy atom. The summed E-state index contributed by atoms with van der Waals surface area (Å²) < 4.78 is 0. The van der Waals surface area contributed by atoms with Crippen molar-refractivity contribution in [3.63, 3.8) is 0 Å². The smallest absolute Gasteiger partial charge is 0.251 e. The number of nitrogens with zero attached hydrogens (tertiary/aromatic N) is 3.